The van der Waals surface area contributed by atoms with Crippen LogP contribution < -0.4 is 9.62 Å². The molecule has 34 heavy (non-hydrogen) atoms. The molecule has 0 aliphatic carbocycles. The number of carbonyl (C=O) groups excluding carboxylic acids is 2. The Morgan fingerprint density at radius 2 is 1.56 bits per heavy atom. The standard InChI is InChI=1S/C26H37N3O4S/c1-6-21-14-16-23(17-15-21)29(34(5,32)33)18-8-9-25(30)28(24(7-2)26(31)27-4)19-22-12-10-20(3)11-13-22/h10-17,24H,6-9,18-19H2,1-5H3,(H,27,31). The molecule has 0 spiro atoms. The number of hydrogen-bond acceptors (Lipinski definition) is 4. The zero-order valence-corrected chi connectivity index (χ0v) is 21.7. The van der Waals surface area contributed by atoms with Crippen LogP contribution in [-0.4, -0.2) is 51.0 Å². The molecule has 7 nitrogen and oxygen atoms in total. The summed E-state index contributed by atoms with van der Waals surface area (Å²) in [6.45, 7) is 6.42. The fourth-order valence-corrected chi connectivity index (χ4v) is 4.84. The van der Waals surface area contributed by atoms with Crippen LogP contribution in [0, 0.1) is 6.92 Å². The van der Waals surface area contributed by atoms with Crippen LogP contribution >= 0.6 is 0 Å². The summed E-state index contributed by atoms with van der Waals surface area (Å²) in [7, 11) is -1.94. The molecule has 1 unspecified atom stereocenters. The van der Waals surface area contributed by atoms with Gasteiger partial charge in [0.1, 0.15) is 6.04 Å². The zero-order chi connectivity index (χ0) is 25.3. The Kier molecular flexibility index (Phi) is 10.1. The quantitative estimate of drug-likeness (QED) is 0.495. The molecule has 0 aliphatic heterocycles. The molecular weight excluding hydrogens is 450 g/mol. The van der Waals surface area contributed by atoms with Gasteiger partial charge in [0.2, 0.25) is 21.8 Å². The topological polar surface area (TPSA) is 86.8 Å². The minimum Gasteiger partial charge on any atom is -0.357 e. The van der Waals surface area contributed by atoms with Crippen molar-refractivity contribution in [3.8, 4) is 0 Å². The van der Waals surface area contributed by atoms with Gasteiger partial charge >= 0.3 is 0 Å². The number of nitrogens with one attached hydrogen (secondary N) is 1. The van der Waals surface area contributed by atoms with Crippen molar-refractivity contribution in [3.05, 3.63) is 65.2 Å². The smallest absolute Gasteiger partial charge is 0.242 e. The highest BCUT2D eigenvalue weighted by atomic mass is 32.2. The van der Waals surface area contributed by atoms with Crippen LogP contribution in [0.4, 0.5) is 5.69 Å². The average molecular weight is 488 g/mol. The number of likely N-dealkylation sites (N-methyl/N-ethyl adjacent to an activating group) is 1. The molecule has 2 rings (SSSR count). The van der Waals surface area contributed by atoms with E-state index in [4.69, 9.17) is 0 Å². The summed E-state index contributed by atoms with van der Waals surface area (Å²) in [5, 5.41) is 2.65. The molecule has 0 heterocycles. The van der Waals surface area contributed by atoms with Gasteiger partial charge in [-0.1, -0.05) is 55.8 Å². The van der Waals surface area contributed by atoms with Crippen molar-refractivity contribution in [1.29, 1.82) is 0 Å². The van der Waals surface area contributed by atoms with Crippen LogP contribution in [0.3, 0.4) is 0 Å². The predicted octanol–water partition coefficient (Wildman–Crippen LogP) is 3.66. The molecule has 2 amide bonds. The van der Waals surface area contributed by atoms with Gasteiger partial charge in [0.25, 0.3) is 0 Å². The molecule has 8 heteroatoms. The normalized spacial score (nSPS) is 12.1. The molecule has 0 bridgehead atoms. The monoisotopic (exact) mass is 487 g/mol. The van der Waals surface area contributed by atoms with Crippen LogP contribution in [-0.2, 0) is 32.6 Å². The Bertz CT molecular complexity index is 1050. The van der Waals surface area contributed by atoms with Gasteiger partial charge in [-0.15, -0.1) is 0 Å². The van der Waals surface area contributed by atoms with Gasteiger partial charge in [-0.05, 0) is 49.4 Å². The van der Waals surface area contributed by atoms with Crippen molar-refractivity contribution < 1.29 is 18.0 Å². The van der Waals surface area contributed by atoms with Crippen molar-refractivity contribution in [2.75, 3.05) is 24.2 Å². The maximum Gasteiger partial charge on any atom is 0.242 e. The average Bonchev–Trinajstić information content (AvgIpc) is 2.82. The Hall–Kier alpha value is -2.87. The summed E-state index contributed by atoms with van der Waals surface area (Å²) >= 11 is 0. The summed E-state index contributed by atoms with van der Waals surface area (Å²) in [6, 6.07) is 14.7. The Labute approximate surface area is 204 Å². The first-order valence-electron chi connectivity index (χ1n) is 11.7. The van der Waals surface area contributed by atoms with Gasteiger partial charge in [0, 0.05) is 26.6 Å². The molecule has 2 aromatic rings. The van der Waals surface area contributed by atoms with Crippen LogP contribution in [0.15, 0.2) is 48.5 Å². The lowest BCUT2D eigenvalue weighted by atomic mass is 10.1. The Morgan fingerprint density at radius 1 is 0.971 bits per heavy atom. The van der Waals surface area contributed by atoms with Crippen molar-refractivity contribution in [3.63, 3.8) is 0 Å². The molecule has 2 aromatic carbocycles. The number of aryl methyl sites for hydroxylation is 2. The van der Waals surface area contributed by atoms with Gasteiger partial charge < -0.3 is 10.2 Å². The molecule has 0 saturated heterocycles. The summed E-state index contributed by atoms with van der Waals surface area (Å²) < 4.78 is 26.2. The molecular formula is C26H37N3O4S. The maximum atomic E-state index is 13.3. The first-order chi connectivity index (χ1) is 16.1. The van der Waals surface area contributed by atoms with Crippen molar-refractivity contribution >= 4 is 27.5 Å². The fourth-order valence-electron chi connectivity index (χ4n) is 3.88. The van der Waals surface area contributed by atoms with E-state index in [0.717, 1.165) is 23.1 Å². The Balaban J connectivity index is 2.17. The van der Waals surface area contributed by atoms with Crippen LogP contribution in [0.5, 0.6) is 0 Å². The predicted molar refractivity (Wildman–Crippen MR) is 137 cm³/mol. The third kappa shape index (κ3) is 7.58. The minimum absolute atomic E-state index is 0.137. The van der Waals surface area contributed by atoms with Gasteiger partial charge in [-0.25, -0.2) is 8.42 Å². The molecule has 0 saturated carbocycles. The molecule has 186 valence electrons. The first-order valence-corrected chi connectivity index (χ1v) is 13.6. The molecule has 1 N–H and O–H groups in total. The Morgan fingerprint density at radius 3 is 2.06 bits per heavy atom. The van der Waals surface area contributed by atoms with Gasteiger partial charge in [-0.3, -0.25) is 13.9 Å². The highest BCUT2D eigenvalue weighted by Gasteiger charge is 2.28. The second kappa shape index (κ2) is 12.6. The summed E-state index contributed by atoms with van der Waals surface area (Å²) in [6.07, 6.45) is 3.00. The van der Waals surface area contributed by atoms with E-state index in [1.54, 1.807) is 24.1 Å². The summed E-state index contributed by atoms with van der Waals surface area (Å²) in [5.74, 6) is -0.387. The number of amides is 2. The number of hydrogen-bond donors (Lipinski definition) is 1. The van der Waals surface area contributed by atoms with E-state index in [2.05, 4.69) is 5.32 Å². The number of sulfonamides is 1. The summed E-state index contributed by atoms with van der Waals surface area (Å²) in [5.41, 5.74) is 3.77. The largest absolute Gasteiger partial charge is 0.357 e. The van der Waals surface area contributed by atoms with E-state index in [-0.39, 0.29) is 24.8 Å². The van der Waals surface area contributed by atoms with E-state index in [1.807, 2.05) is 57.2 Å². The lowest BCUT2D eigenvalue weighted by Crippen LogP contribution is -2.48. The molecule has 0 aliphatic rings. The van der Waals surface area contributed by atoms with E-state index < -0.39 is 16.1 Å². The number of anilines is 1. The van der Waals surface area contributed by atoms with Crippen LogP contribution in [0.2, 0.25) is 0 Å². The molecule has 1 atom stereocenters. The third-order valence-electron chi connectivity index (χ3n) is 5.89. The van der Waals surface area contributed by atoms with Gasteiger partial charge in [0.15, 0.2) is 0 Å². The summed E-state index contributed by atoms with van der Waals surface area (Å²) in [4.78, 5) is 27.4. The highest BCUT2D eigenvalue weighted by molar-refractivity contribution is 7.92. The second-order valence-electron chi connectivity index (χ2n) is 8.50. The van der Waals surface area contributed by atoms with Crippen molar-refractivity contribution in [2.24, 2.45) is 0 Å². The molecule has 0 radical (unpaired) electrons. The van der Waals surface area contributed by atoms with Crippen LogP contribution in [0.25, 0.3) is 0 Å². The van der Waals surface area contributed by atoms with Crippen molar-refractivity contribution in [2.45, 2.75) is 59.0 Å². The van der Waals surface area contributed by atoms with E-state index >= 15 is 0 Å². The minimum atomic E-state index is -3.50. The second-order valence-corrected chi connectivity index (χ2v) is 10.4. The molecule has 0 fully saturated rings. The van der Waals surface area contributed by atoms with E-state index in [1.165, 1.54) is 10.6 Å². The lowest BCUT2D eigenvalue weighted by Gasteiger charge is -2.31. The highest BCUT2D eigenvalue weighted by Crippen LogP contribution is 2.20. The number of benzene rings is 2. The van der Waals surface area contributed by atoms with Gasteiger partial charge in [0.05, 0.1) is 11.9 Å². The SMILES string of the molecule is CCc1ccc(N(CCCC(=O)N(Cc2ccc(C)cc2)C(CC)C(=O)NC)S(C)(=O)=O)cc1. The van der Waals surface area contributed by atoms with E-state index in [9.17, 15) is 18.0 Å². The zero-order valence-electron chi connectivity index (χ0n) is 20.9. The third-order valence-corrected chi connectivity index (χ3v) is 7.08. The van der Waals surface area contributed by atoms with Gasteiger partial charge in [-0.2, -0.15) is 0 Å². The maximum absolute atomic E-state index is 13.3. The molecule has 0 aromatic heterocycles. The lowest BCUT2D eigenvalue weighted by molar-refractivity contribution is -0.141. The number of rotatable bonds is 12. The van der Waals surface area contributed by atoms with Crippen LogP contribution in [0.1, 0.15) is 49.8 Å². The number of nitrogens with zero attached hydrogens (tertiary/aromatic N) is 2. The number of carbonyl (C=O) groups is 2. The fraction of sp³-hybridized carbons (Fsp3) is 0.462. The van der Waals surface area contributed by atoms with E-state index in [0.29, 0.717) is 25.1 Å². The first kappa shape index (κ1) is 27.4. The van der Waals surface area contributed by atoms with Crippen molar-refractivity contribution in [1.82, 2.24) is 10.2 Å².